The summed E-state index contributed by atoms with van der Waals surface area (Å²) in [6.07, 6.45) is 2.83. The molecule has 0 aliphatic carbocycles. The number of aromatic nitrogens is 2. The largest absolute Gasteiger partial charge is 0.396 e. The summed E-state index contributed by atoms with van der Waals surface area (Å²) < 4.78 is 2.39. The Balaban J connectivity index is 1.29. The Morgan fingerprint density at radius 1 is 0.839 bits per heavy atom. The third-order valence-corrected chi connectivity index (χ3v) is 6.37. The van der Waals surface area contributed by atoms with Crippen LogP contribution < -0.4 is 0 Å². The van der Waals surface area contributed by atoms with Crippen LogP contribution in [0.15, 0.2) is 78.9 Å². The molecule has 4 aromatic rings. The van der Waals surface area contributed by atoms with E-state index in [4.69, 9.17) is 4.98 Å². The van der Waals surface area contributed by atoms with Crippen LogP contribution >= 0.6 is 0 Å². The number of hydrogen-bond acceptors (Lipinski definition) is 3. The molecule has 0 amide bonds. The molecular weight excluding hydrogens is 382 g/mol. The zero-order valence-corrected chi connectivity index (χ0v) is 17.8. The van der Waals surface area contributed by atoms with Gasteiger partial charge in [-0.25, -0.2) is 4.98 Å². The summed E-state index contributed by atoms with van der Waals surface area (Å²) in [6.45, 7) is 3.28. The fourth-order valence-electron chi connectivity index (χ4n) is 4.85. The Morgan fingerprint density at radius 2 is 1.58 bits per heavy atom. The van der Waals surface area contributed by atoms with E-state index in [1.165, 1.54) is 22.2 Å². The van der Waals surface area contributed by atoms with Gasteiger partial charge in [0.05, 0.1) is 17.6 Å². The van der Waals surface area contributed by atoms with E-state index in [2.05, 4.69) is 82.3 Å². The first kappa shape index (κ1) is 20.0. The number of likely N-dealkylation sites (tertiary alicyclic amines) is 1. The first-order valence-electron chi connectivity index (χ1n) is 11.3. The summed E-state index contributed by atoms with van der Waals surface area (Å²) in [4.78, 5) is 7.35. The van der Waals surface area contributed by atoms with Gasteiger partial charge in [-0.2, -0.15) is 0 Å². The summed E-state index contributed by atoms with van der Waals surface area (Å²) in [5.74, 6) is 1.01. The number of imidazole rings is 1. The second-order valence-corrected chi connectivity index (χ2v) is 8.43. The summed E-state index contributed by atoms with van der Waals surface area (Å²) >= 11 is 0. The maximum Gasteiger partial charge on any atom is 0.112 e. The molecule has 158 valence electrons. The molecule has 1 N–H and O–H groups in total. The minimum Gasteiger partial charge on any atom is -0.396 e. The van der Waals surface area contributed by atoms with E-state index in [9.17, 15) is 5.11 Å². The lowest BCUT2D eigenvalue weighted by atomic mass is 10.0. The molecule has 1 fully saturated rings. The zero-order chi connectivity index (χ0) is 21.0. The number of hydrogen-bond donors (Lipinski definition) is 1. The molecule has 4 nitrogen and oxygen atoms in total. The van der Waals surface area contributed by atoms with Gasteiger partial charge in [-0.05, 0) is 47.7 Å². The number of para-hydroxylation sites is 2. The van der Waals surface area contributed by atoms with Crippen molar-refractivity contribution in [2.75, 3.05) is 19.7 Å². The molecule has 0 spiro atoms. The van der Waals surface area contributed by atoms with E-state index in [-0.39, 0.29) is 6.61 Å². The van der Waals surface area contributed by atoms with Crippen LogP contribution in [0.1, 0.15) is 30.3 Å². The second kappa shape index (κ2) is 9.04. The Bertz CT molecular complexity index is 1140. The van der Waals surface area contributed by atoms with Gasteiger partial charge in [0, 0.05) is 32.1 Å². The fraction of sp³-hybridized carbons (Fsp3) is 0.296. The molecular formula is C27H29N3O. The molecule has 3 aromatic carbocycles. The van der Waals surface area contributed by atoms with E-state index in [1.54, 1.807) is 0 Å². The van der Waals surface area contributed by atoms with Crippen LogP contribution in [0.5, 0.6) is 0 Å². The number of nitrogens with zero attached hydrogens (tertiary/aromatic N) is 3. The van der Waals surface area contributed by atoms with Gasteiger partial charge in [0.25, 0.3) is 0 Å². The van der Waals surface area contributed by atoms with Crippen LogP contribution in [0.25, 0.3) is 22.2 Å². The van der Waals surface area contributed by atoms with Crippen molar-refractivity contribution in [3.8, 4) is 11.1 Å². The van der Waals surface area contributed by atoms with E-state index >= 15 is 0 Å². The smallest absolute Gasteiger partial charge is 0.112 e. The standard InChI is InChI=1S/C27H29N3O/c31-18-15-27-28-25-11-4-5-12-26(25)30(27)24-13-16-29(17-14-24)20-21-7-6-10-23(19-21)22-8-2-1-3-9-22/h1-12,19,24,31H,13-18,20H2. The fourth-order valence-corrected chi connectivity index (χ4v) is 4.85. The molecule has 1 aromatic heterocycles. The number of benzene rings is 3. The van der Waals surface area contributed by atoms with Gasteiger partial charge in [-0.1, -0.05) is 60.7 Å². The maximum absolute atomic E-state index is 9.52. The van der Waals surface area contributed by atoms with Crippen LogP contribution in [0.2, 0.25) is 0 Å². The first-order valence-corrected chi connectivity index (χ1v) is 11.3. The summed E-state index contributed by atoms with van der Waals surface area (Å²) in [5, 5.41) is 9.52. The minimum atomic E-state index is 0.139. The number of rotatable bonds is 6. The normalized spacial score (nSPS) is 15.5. The first-order chi connectivity index (χ1) is 15.3. The van der Waals surface area contributed by atoms with Crippen LogP contribution in [-0.2, 0) is 13.0 Å². The van der Waals surface area contributed by atoms with Crippen LogP contribution in [0.4, 0.5) is 0 Å². The van der Waals surface area contributed by atoms with Gasteiger partial charge in [0.15, 0.2) is 0 Å². The number of piperidine rings is 1. The van der Waals surface area contributed by atoms with Crippen molar-refractivity contribution >= 4 is 11.0 Å². The van der Waals surface area contributed by atoms with Crippen molar-refractivity contribution < 1.29 is 5.11 Å². The van der Waals surface area contributed by atoms with Gasteiger partial charge < -0.3 is 9.67 Å². The maximum atomic E-state index is 9.52. The Labute approximate surface area is 183 Å². The molecule has 0 radical (unpaired) electrons. The molecule has 2 heterocycles. The highest BCUT2D eigenvalue weighted by atomic mass is 16.3. The molecule has 4 heteroatoms. The van der Waals surface area contributed by atoms with Gasteiger partial charge in [-0.15, -0.1) is 0 Å². The highest BCUT2D eigenvalue weighted by Gasteiger charge is 2.24. The molecule has 1 aliphatic heterocycles. The molecule has 1 aliphatic rings. The predicted octanol–water partition coefficient (Wildman–Crippen LogP) is 5.08. The monoisotopic (exact) mass is 411 g/mol. The number of fused-ring (bicyclic) bond motifs is 1. The van der Waals surface area contributed by atoms with Crippen LogP contribution in [-0.4, -0.2) is 39.3 Å². The van der Waals surface area contributed by atoms with Gasteiger partial charge in [0.1, 0.15) is 5.82 Å². The molecule has 5 rings (SSSR count). The molecule has 0 atom stereocenters. The SMILES string of the molecule is OCCc1nc2ccccc2n1C1CCN(Cc2cccc(-c3ccccc3)c2)CC1. The Morgan fingerprint density at radius 3 is 2.39 bits per heavy atom. The molecule has 31 heavy (non-hydrogen) atoms. The van der Waals surface area contributed by atoms with Crippen molar-refractivity contribution in [1.82, 2.24) is 14.5 Å². The van der Waals surface area contributed by atoms with Crippen LogP contribution in [0, 0.1) is 0 Å². The lowest BCUT2D eigenvalue weighted by molar-refractivity contribution is 0.179. The molecule has 1 saturated heterocycles. The molecule has 0 saturated carbocycles. The van der Waals surface area contributed by atoms with Crippen LogP contribution in [0.3, 0.4) is 0 Å². The predicted molar refractivity (Wildman–Crippen MR) is 126 cm³/mol. The van der Waals surface area contributed by atoms with Gasteiger partial charge in [0.2, 0.25) is 0 Å². The van der Waals surface area contributed by atoms with E-state index < -0.39 is 0 Å². The van der Waals surface area contributed by atoms with Crippen molar-refractivity contribution in [2.24, 2.45) is 0 Å². The number of aliphatic hydroxyl groups excluding tert-OH is 1. The van der Waals surface area contributed by atoms with Gasteiger partial charge in [-0.3, -0.25) is 4.90 Å². The topological polar surface area (TPSA) is 41.3 Å². The quantitative estimate of drug-likeness (QED) is 0.481. The Hall–Kier alpha value is -2.95. The third kappa shape index (κ3) is 4.27. The lowest BCUT2D eigenvalue weighted by Gasteiger charge is -2.33. The average Bonchev–Trinajstić information content (AvgIpc) is 3.19. The van der Waals surface area contributed by atoms with Crippen molar-refractivity contribution in [3.05, 3.63) is 90.3 Å². The molecule has 0 bridgehead atoms. The molecule has 0 unspecified atom stereocenters. The minimum absolute atomic E-state index is 0.139. The number of aliphatic hydroxyl groups is 1. The summed E-state index contributed by atoms with van der Waals surface area (Å²) in [7, 11) is 0. The van der Waals surface area contributed by atoms with E-state index in [0.29, 0.717) is 12.5 Å². The van der Waals surface area contributed by atoms with E-state index in [0.717, 1.165) is 43.8 Å². The lowest BCUT2D eigenvalue weighted by Crippen LogP contribution is -2.34. The zero-order valence-electron chi connectivity index (χ0n) is 17.8. The van der Waals surface area contributed by atoms with E-state index in [1.807, 2.05) is 6.07 Å². The third-order valence-electron chi connectivity index (χ3n) is 6.37. The highest BCUT2D eigenvalue weighted by Crippen LogP contribution is 2.30. The highest BCUT2D eigenvalue weighted by molar-refractivity contribution is 5.76. The van der Waals surface area contributed by atoms with Crippen molar-refractivity contribution in [3.63, 3.8) is 0 Å². The Kier molecular flexibility index (Phi) is 5.83. The van der Waals surface area contributed by atoms with Gasteiger partial charge >= 0.3 is 0 Å². The van der Waals surface area contributed by atoms with Crippen molar-refractivity contribution in [2.45, 2.75) is 31.8 Å². The van der Waals surface area contributed by atoms with Crippen molar-refractivity contribution in [1.29, 1.82) is 0 Å². The summed E-state index contributed by atoms with van der Waals surface area (Å²) in [5.41, 5.74) is 6.15. The average molecular weight is 412 g/mol. The summed E-state index contributed by atoms with van der Waals surface area (Å²) in [6, 6.07) is 28.3. The second-order valence-electron chi connectivity index (χ2n) is 8.43.